The van der Waals surface area contributed by atoms with Crippen molar-refractivity contribution < 1.29 is 17.6 Å². The Balaban J connectivity index is 1.71. The number of piperidine rings is 1. The summed E-state index contributed by atoms with van der Waals surface area (Å²) in [4.78, 5) is 16.4. The van der Waals surface area contributed by atoms with Gasteiger partial charge >= 0.3 is 0 Å². The smallest absolute Gasteiger partial charge is 0.262 e. The molecule has 1 atom stereocenters. The van der Waals surface area contributed by atoms with Gasteiger partial charge in [-0.3, -0.25) is 4.79 Å². The van der Waals surface area contributed by atoms with Crippen LogP contribution < -0.4 is 5.32 Å². The quantitative estimate of drug-likeness (QED) is 0.861. The largest absolute Gasteiger partial charge is 0.336 e. The number of hydrogen-bond acceptors (Lipinski definition) is 4. The zero-order valence-corrected chi connectivity index (χ0v) is 15.2. The molecule has 26 heavy (non-hydrogen) atoms. The highest BCUT2D eigenvalue weighted by Crippen LogP contribution is 2.24. The third kappa shape index (κ3) is 3.94. The second kappa shape index (κ2) is 7.55. The number of aromatic nitrogens is 2. The van der Waals surface area contributed by atoms with Crippen LogP contribution in [0, 0.1) is 11.7 Å². The van der Waals surface area contributed by atoms with Crippen molar-refractivity contribution in [2.24, 2.45) is 5.92 Å². The van der Waals surface area contributed by atoms with E-state index in [1.165, 1.54) is 35.0 Å². The van der Waals surface area contributed by atoms with Gasteiger partial charge in [-0.2, -0.15) is 4.31 Å². The van der Waals surface area contributed by atoms with E-state index in [-0.39, 0.29) is 17.5 Å². The molecular weight excluding hydrogens is 359 g/mol. The molecule has 1 aliphatic heterocycles. The Bertz CT molecular complexity index is 897. The maximum atomic E-state index is 13.2. The van der Waals surface area contributed by atoms with Crippen LogP contribution in [0.15, 0.2) is 41.8 Å². The molecule has 1 aromatic heterocycles. The van der Waals surface area contributed by atoms with E-state index in [9.17, 15) is 17.6 Å². The zero-order valence-electron chi connectivity index (χ0n) is 14.4. The summed E-state index contributed by atoms with van der Waals surface area (Å²) in [7, 11) is -3.74. The van der Waals surface area contributed by atoms with Crippen molar-refractivity contribution in [1.29, 1.82) is 0 Å². The number of imidazole rings is 1. The van der Waals surface area contributed by atoms with Gasteiger partial charge in [0.15, 0.2) is 5.03 Å². The highest BCUT2D eigenvalue weighted by atomic mass is 32.2. The van der Waals surface area contributed by atoms with Crippen LogP contribution in [-0.4, -0.2) is 41.3 Å². The van der Waals surface area contributed by atoms with E-state index in [0.717, 1.165) is 0 Å². The van der Waals surface area contributed by atoms with E-state index in [1.54, 1.807) is 10.6 Å². The van der Waals surface area contributed by atoms with Gasteiger partial charge in [-0.1, -0.05) is 6.07 Å². The molecule has 0 spiro atoms. The van der Waals surface area contributed by atoms with Gasteiger partial charge in [0.1, 0.15) is 5.82 Å². The van der Waals surface area contributed by atoms with E-state index < -0.39 is 21.8 Å². The lowest BCUT2D eigenvalue weighted by Gasteiger charge is -2.30. The number of hydrogen-bond donors (Lipinski definition) is 1. The number of nitrogens with one attached hydrogen (secondary N) is 1. The van der Waals surface area contributed by atoms with Crippen LogP contribution in [0.4, 0.5) is 10.1 Å². The molecule has 9 heteroatoms. The predicted octanol–water partition coefficient (Wildman–Crippen LogP) is 2.08. The van der Waals surface area contributed by atoms with Crippen molar-refractivity contribution >= 4 is 21.6 Å². The van der Waals surface area contributed by atoms with E-state index in [4.69, 9.17) is 0 Å². The molecule has 1 aromatic carbocycles. The van der Waals surface area contributed by atoms with Crippen LogP contribution in [0.2, 0.25) is 0 Å². The lowest BCUT2D eigenvalue weighted by atomic mass is 9.99. The minimum atomic E-state index is -3.74. The van der Waals surface area contributed by atoms with Crippen molar-refractivity contribution in [3.8, 4) is 0 Å². The van der Waals surface area contributed by atoms with Crippen molar-refractivity contribution in [1.82, 2.24) is 13.9 Å². The van der Waals surface area contributed by atoms with Crippen LogP contribution in [0.5, 0.6) is 0 Å². The Kier molecular flexibility index (Phi) is 5.38. The zero-order chi connectivity index (χ0) is 18.7. The van der Waals surface area contributed by atoms with Crippen LogP contribution in [0.1, 0.15) is 19.8 Å². The minimum absolute atomic E-state index is 0.00876. The second-order valence-electron chi connectivity index (χ2n) is 6.24. The Labute approximate surface area is 151 Å². The molecule has 1 amide bonds. The van der Waals surface area contributed by atoms with Crippen LogP contribution in [0.25, 0.3) is 0 Å². The molecule has 7 nitrogen and oxygen atoms in total. The molecule has 0 unspecified atom stereocenters. The normalized spacial score (nSPS) is 18.6. The van der Waals surface area contributed by atoms with Crippen LogP contribution in [-0.2, 0) is 21.4 Å². The summed E-state index contributed by atoms with van der Waals surface area (Å²) in [6, 6.07) is 5.62. The van der Waals surface area contributed by atoms with Gasteiger partial charge in [-0.25, -0.2) is 17.8 Å². The summed E-state index contributed by atoms with van der Waals surface area (Å²) >= 11 is 0. The molecule has 0 bridgehead atoms. The lowest BCUT2D eigenvalue weighted by Crippen LogP contribution is -2.43. The molecular formula is C17H21FN4O3S. The monoisotopic (exact) mass is 380 g/mol. The number of halogens is 1. The summed E-state index contributed by atoms with van der Waals surface area (Å²) in [5, 5.41) is 2.65. The Hall–Kier alpha value is -2.26. The number of carbonyl (C=O) groups excluding carboxylic acids is 1. The molecule has 1 aliphatic rings. The number of anilines is 1. The standard InChI is InChI=1S/C17H21FN4O3S/c1-2-21-11-16(19-12-21)26(24,25)22-8-4-5-13(10-22)17(23)20-15-7-3-6-14(18)9-15/h3,6-7,9,11-13H,2,4-5,8,10H2,1H3,(H,20,23)/t13-/m0/s1. The van der Waals surface area contributed by atoms with Gasteiger partial charge < -0.3 is 9.88 Å². The Morgan fingerprint density at radius 2 is 2.23 bits per heavy atom. The Morgan fingerprint density at radius 1 is 1.42 bits per heavy atom. The number of nitrogens with zero attached hydrogens (tertiary/aromatic N) is 3. The van der Waals surface area contributed by atoms with Gasteiger partial charge in [0.2, 0.25) is 5.91 Å². The van der Waals surface area contributed by atoms with E-state index in [1.807, 2.05) is 6.92 Å². The van der Waals surface area contributed by atoms with Gasteiger partial charge in [0.25, 0.3) is 10.0 Å². The minimum Gasteiger partial charge on any atom is -0.336 e. The van der Waals surface area contributed by atoms with Gasteiger partial charge in [0, 0.05) is 31.5 Å². The third-order valence-electron chi connectivity index (χ3n) is 4.43. The molecule has 2 aromatic rings. The summed E-state index contributed by atoms with van der Waals surface area (Å²) in [6.45, 7) is 2.96. The Morgan fingerprint density at radius 3 is 2.92 bits per heavy atom. The first-order valence-electron chi connectivity index (χ1n) is 8.48. The van der Waals surface area contributed by atoms with E-state index in [2.05, 4.69) is 10.3 Å². The third-order valence-corrected chi connectivity index (χ3v) is 6.18. The van der Waals surface area contributed by atoms with Crippen molar-refractivity contribution in [2.75, 3.05) is 18.4 Å². The fourth-order valence-corrected chi connectivity index (χ4v) is 4.42. The summed E-state index contributed by atoms with van der Waals surface area (Å²) in [6.07, 6.45) is 4.13. The maximum Gasteiger partial charge on any atom is 0.262 e. The summed E-state index contributed by atoms with van der Waals surface area (Å²) < 4.78 is 41.7. The molecule has 140 valence electrons. The first-order valence-corrected chi connectivity index (χ1v) is 9.92. The topological polar surface area (TPSA) is 84.3 Å². The molecule has 1 saturated heterocycles. The van der Waals surface area contributed by atoms with Crippen molar-refractivity contribution in [3.05, 3.63) is 42.6 Å². The second-order valence-corrected chi connectivity index (χ2v) is 8.13. The van der Waals surface area contributed by atoms with E-state index >= 15 is 0 Å². The number of amides is 1. The van der Waals surface area contributed by atoms with E-state index in [0.29, 0.717) is 31.6 Å². The number of aryl methyl sites for hydroxylation is 1. The number of benzene rings is 1. The average Bonchev–Trinajstić information content (AvgIpc) is 3.12. The number of rotatable bonds is 5. The maximum absolute atomic E-state index is 13.2. The molecule has 0 aliphatic carbocycles. The highest BCUT2D eigenvalue weighted by Gasteiger charge is 2.34. The number of carbonyl (C=O) groups is 1. The number of sulfonamides is 1. The first kappa shape index (κ1) is 18.5. The highest BCUT2D eigenvalue weighted by molar-refractivity contribution is 7.89. The SMILES string of the molecule is CCn1cnc(S(=O)(=O)N2CCC[C@H](C(=O)Nc3cccc(F)c3)C2)c1. The molecule has 0 saturated carbocycles. The molecule has 1 N–H and O–H groups in total. The van der Waals surface area contributed by atoms with Crippen molar-refractivity contribution in [2.45, 2.75) is 31.3 Å². The summed E-state index contributed by atoms with van der Waals surface area (Å²) in [5.74, 6) is -1.24. The fraction of sp³-hybridized carbons (Fsp3) is 0.412. The first-order chi connectivity index (χ1) is 12.4. The van der Waals surface area contributed by atoms with Crippen molar-refractivity contribution in [3.63, 3.8) is 0 Å². The molecule has 2 heterocycles. The van der Waals surface area contributed by atoms with Crippen LogP contribution >= 0.6 is 0 Å². The molecule has 1 fully saturated rings. The van der Waals surface area contributed by atoms with Gasteiger partial charge in [0.05, 0.1) is 12.2 Å². The molecule has 3 rings (SSSR count). The van der Waals surface area contributed by atoms with Gasteiger partial charge in [-0.05, 0) is 38.0 Å². The average molecular weight is 380 g/mol. The van der Waals surface area contributed by atoms with Crippen LogP contribution in [0.3, 0.4) is 0 Å². The lowest BCUT2D eigenvalue weighted by molar-refractivity contribution is -0.120. The summed E-state index contributed by atoms with van der Waals surface area (Å²) in [5.41, 5.74) is 0.358. The van der Waals surface area contributed by atoms with Gasteiger partial charge in [-0.15, -0.1) is 0 Å². The predicted molar refractivity (Wildman–Crippen MR) is 94.4 cm³/mol. The fourth-order valence-electron chi connectivity index (χ4n) is 2.96. The molecule has 0 radical (unpaired) electrons.